The Morgan fingerprint density at radius 3 is 2.64 bits per heavy atom. The summed E-state index contributed by atoms with van der Waals surface area (Å²) >= 11 is 1.92. The van der Waals surface area contributed by atoms with Gasteiger partial charge in [0, 0.05) is 43.1 Å². The van der Waals surface area contributed by atoms with Crippen LogP contribution in [0.15, 0.2) is 184 Å². The quantitative estimate of drug-likeness (QED) is 0.138. The van der Waals surface area contributed by atoms with E-state index in [0.29, 0.717) is 5.92 Å². The van der Waals surface area contributed by atoms with Crippen molar-refractivity contribution >= 4 is 42.9 Å². The van der Waals surface area contributed by atoms with Crippen LogP contribution in [0.3, 0.4) is 0 Å². The first-order chi connectivity index (χ1) is 28.6. The van der Waals surface area contributed by atoms with Crippen LogP contribution in [-0.4, -0.2) is 22.9 Å². The Bertz CT molecular complexity index is 2690. The summed E-state index contributed by atoms with van der Waals surface area (Å²) in [6.07, 6.45) is 41.6. The van der Waals surface area contributed by atoms with Crippen LogP contribution >= 0.6 is 11.3 Å². The van der Waals surface area contributed by atoms with E-state index >= 15 is 0 Å². The summed E-state index contributed by atoms with van der Waals surface area (Å²) in [6.45, 7) is 2.36. The highest BCUT2D eigenvalue weighted by Crippen LogP contribution is 2.50. The monoisotopic (exact) mass is 772 g/mol. The number of likely N-dealkylation sites (tertiary alicyclic amines) is 1. The fourth-order valence-corrected chi connectivity index (χ4v) is 10.8. The molecule has 0 amide bonds. The second-order valence-electron chi connectivity index (χ2n) is 16.0. The maximum atomic E-state index is 5.33. The first kappa shape index (κ1) is 36.4. The first-order valence-electron chi connectivity index (χ1n) is 20.9. The molecular weight excluding hydrogens is 725 g/mol. The molecule has 6 aliphatic rings. The van der Waals surface area contributed by atoms with Crippen molar-refractivity contribution in [2.24, 2.45) is 10.9 Å². The van der Waals surface area contributed by atoms with E-state index in [9.17, 15) is 0 Å². The van der Waals surface area contributed by atoms with E-state index in [-0.39, 0.29) is 18.4 Å². The van der Waals surface area contributed by atoms with E-state index in [1.807, 2.05) is 23.5 Å². The predicted octanol–water partition coefficient (Wildman–Crippen LogP) is 12.1. The topological polar surface area (TPSA) is 39.7 Å². The molecule has 4 aromatic rings. The number of amidine groups is 1. The molecule has 0 bridgehead atoms. The summed E-state index contributed by atoms with van der Waals surface area (Å²) in [7, 11) is 0. The number of nitrogens with one attached hydrogen (secondary N) is 2. The molecule has 4 unspecified atom stereocenters. The van der Waals surface area contributed by atoms with E-state index < -0.39 is 0 Å². The van der Waals surface area contributed by atoms with E-state index in [0.717, 1.165) is 50.8 Å². The number of aliphatic imine (C=N–C) groups is 1. The van der Waals surface area contributed by atoms with Gasteiger partial charge < -0.3 is 10.2 Å². The van der Waals surface area contributed by atoms with Gasteiger partial charge in [0.05, 0.1) is 6.04 Å². The Kier molecular flexibility index (Phi) is 9.91. The van der Waals surface area contributed by atoms with Crippen molar-refractivity contribution < 1.29 is 0 Å². The molecule has 10 rings (SSSR count). The molecule has 2 aliphatic heterocycles. The van der Waals surface area contributed by atoms with Crippen LogP contribution in [0.25, 0.3) is 25.7 Å². The Morgan fingerprint density at radius 1 is 0.897 bits per heavy atom. The number of thiophene rings is 1. The molecule has 3 aromatic carbocycles. The van der Waals surface area contributed by atoms with Gasteiger partial charge in [0.2, 0.25) is 0 Å². The van der Waals surface area contributed by atoms with Crippen LogP contribution in [0.1, 0.15) is 68.3 Å². The minimum absolute atomic E-state index is 0.0615. The van der Waals surface area contributed by atoms with Gasteiger partial charge >= 0.3 is 0 Å². The van der Waals surface area contributed by atoms with Crippen molar-refractivity contribution in [1.82, 2.24) is 15.5 Å². The van der Waals surface area contributed by atoms with Gasteiger partial charge in [-0.2, -0.15) is 0 Å². The summed E-state index contributed by atoms with van der Waals surface area (Å²) in [5.41, 5.74) is 13.5. The van der Waals surface area contributed by atoms with Crippen molar-refractivity contribution in [2.45, 2.75) is 70.2 Å². The molecule has 58 heavy (non-hydrogen) atoms. The molecule has 3 heterocycles. The maximum absolute atomic E-state index is 5.33. The van der Waals surface area contributed by atoms with Crippen LogP contribution in [0.2, 0.25) is 0 Å². The van der Waals surface area contributed by atoms with Gasteiger partial charge in [0.15, 0.2) is 0 Å². The van der Waals surface area contributed by atoms with Crippen LogP contribution in [0.5, 0.6) is 0 Å². The molecule has 5 heteroatoms. The highest BCUT2D eigenvalue weighted by molar-refractivity contribution is 7.26. The van der Waals surface area contributed by atoms with Crippen LogP contribution in [0, 0.1) is 18.3 Å². The predicted molar refractivity (Wildman–Crippen MR) is 245 cm³/mol. The fraction of sp³-hybridized carbons (Fsp3) is 0.226. The number of hydrogen-bond acceptors (Lipinski definition) is 5. The highest BCUT2D eigenvalue weighted by Gasteiger charge is 2.43. The van der Waals surface area contributed by atoms with Crippen molar-refractivity contribution in [2.75, 3.05) is 0 Å². The molecule has 0 saturated carbocycles. The number of benzene rings is 3. The van der Waals surface area contributed by atoms with Gasteiger partial charge in [-0.25, -0.2) is 4.99 Å². The molecule has 1 aromatic heterocycles. The Hall–Kier alpha value is -5.93. The van der Waals surface area contributed by atoms with Gasteiger partial charge in [-0.3, -0.25) is 5.32 Å². The number of hydrogen-bond donors (Lipinski definition) is 2. The van der Waals surface area contributed by atoms with Crippen LogP contribution in [-0.2, 0) is 6.42 Å². The normalized spacial score (nSPS) is 24.2. The molecule has 4 atom stereocenters. The second-order valence-corrected chi connectivity index (χ2v) is 17.1. The molecule has 4 nitrogen and oxygen atoms in total. The maximum Gasteiger partial charge on any atom is 0.131 e. The van der Waals surface area contributed by atoms with Gasteiger partial charge in [-0.05, 0) is 103 Å². The molecular formula is C53H48N4S. The smallest absolute Gasteiger partial charge is 0.131 e. The zero-order chi connectivity index (χ0) is 39.0. The molecule has 0 spiro atoms. The van der Waals surface area contributed by atoms with Crippen LogP contribution in [0.4, 0.5) is 0 Å². The van der Waals surface area contributed by atoms with Gasteiger partial charge in [-0.15, -0.1) is 17.8 Å². The van der Waals surface area contributed by atoms with E-state index in [1.54, 1.807) is 6.08 Å². The van der Waals surface area contributed by atoms with E-state index in [4.69, 9.17) is 11.4 Å². The summed E-state index contributed by atoms with van der Waals surface area (Å²) in [5, 5.41) is 10.3. The summed E-state index contributed by atoms with van der Waals surface area (Å²) in [4.78, 5) is 8.02. The third-order valence-electron chi connectivity index (χ3n) is 12.5. The third-order valence-corrected chi connectivity index (χ3v) is 13.7. The Labute approximate surface area is 346 Å². The lowest BCUT2D eigenvalue weighted by Crippen LogP contribution is -2.49. The number of allylic oxidation sites excluding steroid dienone is 14. The number of rotatable bonds is 8. The average Bonchev–Trinajstić information content (AvgIpc) is 3.83. The van der Waals surface area contributed by atoms with E-state index in [1.165, 1.54) is 76.1 Å². The van der Waals surface area contributed by atoms with Crippen molar-refractivity contribution in [3.05, 3.63) is 196 Å². The molecule has 286 valence electrons. The summed E-state index contributed by atoms with van der Waals surface area (Å²) in [5.74, 6) is 3.85. The number of fused-ring (bicyclic) bond motifs is 6. The average molecular weight is 773 g/mol. The van der Waals surface area contributed by atoms with E-state index in [2.05, 4.69) is 156 Å². The molecule has 1 saturated heterocycles. The molecule has 2 N–H and O–H groups in total. The SMILES string of the molecule is C#C/C=C\C=C/Cc1ccc(C2NC(C3=CCCC=C3)=NC(C3=CC=C(N4C5=CCCC(C)=C5C5C=CC(c6cccc7c6sc6ccccc67)=CC54)CC3)N2)cc1. The summed E-state index contributed by atoms with van der Waals surface area (Å²) < 4.78 is 2.73. The standard InChI is InChI=1S/C53H48N4S/c1-3-4-5-6-8-16-36-24-26-38(27-25-36)52-54-51(37-17-9-7-10-18-37)55-53(56-52)39-28-31-41(32-29-39)57-46-22-13-15-35(2)49(46)45-33-30-40(34-47(45)57)42-20-14-21-44-43-19-11-12-23-48(43)58-50(42)44/h1,4-6,8-9,11-12,14,17-28,30-31,33-34,45,47,52-53,56H,7,10,13,15-16,29,32H2,2H3,(H,54,55)/b5-4-,8-6-. The highest BCUT2D eigenvalue weighted by atomic mass is 32.1. The zero-order valence-electron chi connectivity index (χ0n) is 33.0. The third kappa shape index (κ3) is 6.81. The van der Waals surface area contributed by atoms with Crippen molar-refractivity contribution in [3.8, 4) is 12.3 Å². The fourth-order valence-electron chi connectivity index (χ4n) is 9.57. The zero-order valence-corrected chi connectivity index (χ0v) is 33.8. The second kappa shape index (κ2) is 15.8. The minimum atomic E-state index is -0.121. The largest absolute Gasteiger partial charge is 0.350 e. The minimum Gasteiger partial charge on any atom is -0.350 e. The molecule has 0 radical (unpaired) electrons. The number of terminal acetylenes is 1. The number of nitrogens with zero attached hydrogens (tertiary/aromatic N) is 2. The Balaban J connectivity index is 0.961. The lowest BCUT2D eigenvalue weighted by atomic mass is 9.83. The first-order valence-corrected chi connectivity index (χ1v) is 21.7. The van der Waals surface area contributed by atoms with Crippen molar-refractivity contribution in [1.29, 1.82) is 0 Å². The van der Waals surface area contributed by atoms with Gasteiger partial charge in [-0.1, -0.05) is 139 Å². The Morgan fingerprint density at radius 2 is 1.79 bits per heavy atom. The lowest BCUT2D eigenvalue weighted by molar-refractivity contribution is 0.366. The van der Waals surface area contributed by atoms with Gasteiger partial charge in [0.1, 0.15) is 18.2 Å². The van der Waals surface area contributed by atoms with Gasteiger partial charge in [0.25, 0.3) is 0 Å². The van der Waals surface area contributed by atoms with Crippen molar-refractivity contribution in [3.63, 3.8) is 0 Å². The van der Waals surface area contributed by atoms with Crippen LogP contribution < -0.4 is 10.6 Å². The lowest BCUT2D eigenvalue weighted by Gasteiger charge is -2.36. The molecule has 1 fully saturated rings. The summed E-state index contributed by atoms with van der Waals surface area (Å²) in [6, 6.07) is 24.8. The molecule has 4 aliphatic carbocycles.